The van der Waals surface area contributed by atoms with Gasteiger partial charge in [-0.1, -0.05) is 0 Å². The minimum absolute atomic E-state index is 1.01. The van der Waals surface area contributed by atoms with Gasteiger partial charge in [-0.05, 0) is 24.3 Å². The minimum Gasteiger partial charge on any atom is -0.367 e. The summed E-state index contributed by atoms with van der Waals surface area (Å²) in [5, 5.41) is 5.16. The summed E-state index contributed by atoms with van der Waals surface area (Å²) in [6, 6.07) is 3.95. The van der Waals surface area contributed by atoms with Crippen LogP contribution in [-0.2, 0) is 0 Å². The van der Waals surface area contributed by atoms with E-state index in [9.17, 15) is 0 Å². The van der Waals surface area contributed by atoms with E-state index in [4.69, 9.17) is 0 Å². The average molecular weight is 144 g/mol. The molecule has 0 fully saturated rings. The summed E-state index contributed by atoms with van der Waals surface area (Å²) < 4.78 is 0. The van der Waals surface area contributed by atoms with Gasteiger partial charge in [-0.15, -0.1) is 0 Å². The number of rotatable bonds is 0. The summed E-state index contributed by atoms with van der Waals surface area (Å²) >= 11 is 0. The molecule has 0 aromatic carbocycles. The highest BCUT2D eigenvalue weighted by Gasteiger charge is 1.84. The van der Waals surface area contributed by atoms with Gasteiger partial charge < -0.3 is 5.32 Å². The van der Waals surface area contributed by atoms with Gasteiger partial charge in [0.05, 0.1) is 5.35 Å². The molecular weight excluding hydrogens is 136 g/mol. The highest BCUT2D eigenvalue weighted by Crippen LogP contribution is 1.74. The summed E-state index contributed by atoms with van der Waals surface area (Å²) in [6.07, 6.45) is 9.52. The molecule has 1 N–H and O–H groups in total. The topological polar surface area (TPSA) is 24.9 Å². The predicted octanol–water partition coefficient (Wildman–Crippen LogP) is -0.283. The van der Waals surface area contributed by atoms with Crippen LogP contribution in [-0.4, -0.2) is 4.98 Å². The summed E-state index contributed by atoms with van der Waals surface area (Å²) in [7, 11) is 0. The van der Waals surface area contributed by atoms with Gasteiger partial charge in [0.15, 0.2) is 0 Å². The van der Waals surface area contributed by atoms with Crippen LogP contribution in [0.3, 0.4) is 0 Å². The largest absolute Gasteiger partial charge is 0.367 e. The van der Waals surface area contributed by atoms with Gasteiger partial charge in [0.25, 0.3) is 0 Å². The molecule has 0 saturated heterocycles. The van der Waals surface area contributed by atoms with E-state index in [1.165, 1.54) is 0 Å². The predicted molar refractivity (Wildman–Crippen MR) is 44.7 cm³/mol. The number of hydrogen-bond acceptors (Lipinski definition) is 2. The smallest absolute Gasteiger partial charge is 0.0717 e. The number of nitrogens with zero attached hydrogens (tertiary/aromatic N) is 1. The van der Waals surface area contributed by atoms with Crippen molar-refractivity contribution in [2.75, 3.05) is 0 Å². The summed E-state index contributed by atoms with van der Waals surface area (Å²) in [5.74, 6) is 0. The Morgan fingerprint density at radius 3 is 3.36 bits per heavy atom. The zero-order valence-electron chi connectivity index (χ0n) is 5.99. The number of aromatic nitrogens is 1. The van der Waals surface area contributed by atoms with E-state index in [1.807, 2.05) is 36.7 Å². The first kappa shape index (κ1) is 6.16. The van der Waals surface area contributed by atoms with Gasteiger partial charge in [0, 0.05) is 23.8 Å². The molecule has 2 heterocycles. The molecule has 0 saturated carbocycles. The van der Waals surface area contributed by atoms with E-state index >= 15 is 0 Å². The van der Waals surface area contributed by atoms with Crippen molar-refractivity contribution in [2.24, 2.45) is 0 Å². The molecule has 0 atom stereocenters. The Kier molecular flexibility index (Phi) is 1.44. The Hall–Kier alpha value is -1.57. The first-order valence-electron chi connectivity index (χ1n) is 3.51. The molecule has 1 aromatic heterocycles. The lowest BCUT2D eigenvalue weighted by Gasteiger charge is -1.86. The second-order valence-corrected chi connectivity index (χ2v) is 2.31. The van der Waals surface area contributed by atoms with E-state index in [-0.39, 0.29) is 0 Å². The fourth-order valence-corrected chi connectivity index (χ4v) is 1.02. The maximum absolute atomic E-state index is 4.20. The van der Waals surface area contributed by atoms with Crippen LogP contribution < -0.4 is 15.9 Å². The van der Waals surface area contributed by atoms with Gasteiger partial charge in [0.1, 0.15) is 0 Å². The fraction of sp³-hybridized carbons (Fsp3) is 0. The molecule has 1 aliphatic heterocycles. The third-order valence-corrected chi connectivity index (χ3v) is 1.56. The molecule has 2 nitrogen and oxygen atoms in total. The van der Waals surface area contributed by atoms with Crippen molar-refractivity contribution in [2.45, 2.75) is 0 Å². The SMILES string of the molecule is C1=CNC=c2cccnc2=C1. The Morgan fingerprint density at radius 1 is 1.36 bits per heavy atom. The van der Waals surface area contributed by atoms with Crippen LogP contribution in [0.4, 0.5) is 0 Å². The molecule has 2 rings (SSSR count). The number of nitrogens with one attached hydrogen (secondary N) is 1. The van der Waals surface area contributed by atoms with Crippen LogP contribution >= 0.6 is 0 Å². The van der Waals surface area contributed by atoms with Crippen molar-refractivity contribution in [1.82, 2.24) is 10.3 Å². The highest BCUT2D eigenvalue weighted by atomic mass is 14.8. The molecule has 0 aliphatic carbocycles. The van der Waals surface area contributed by atoms with Crippen LogP contribution in [0.1, 0.15) is 0 Å². The zero-order valence-corrected chi connectivity index (χ0v) is 5.99. The lowest BCUT2D eigenvalue weighted by Crippen LogP contribution is -2.27. The Balaban J connectivity index is 2.81. The van der Waals surface area contributed by atoms with Crippen LogP contribution in [0.25, 0.3) is 12.3 Å². The molecule has 0 amide bonds. The Bertz CT molecular complexity index is 390. The lowest BCUT2D eigenvalue weighted by atomic mass is 10.3. The van der Waals surface area contributed by atoms with Crippen molar-refractivity contribution < 1.29 is 0 Å². The summed E-state index contributed by atoms with van der Waals surface area (Å²) in [5.41, 5.74) is 0. The average Bonchev–Trinajstić information content (AvgIpc) is 2.28. The number of hydrogen-bond donors (Lipinski definition) is 1. The standard InChI is InChI=1S/C9H8N2/c1-3-8-7-10-5-2-4-9(8)11-6-1/h1-7,10H. The van der Waals surface area contributed by atoms with E-state index in [0.717, 1.165) is 10.6 Å². The van der Waals surface area contributed by atoms with Crippen LogP contribution in [0.5, 0.6) is 0 Å². The molecule has 0 bridgehead atoms. The lowest BCUT2D eigenvalue weighted by molar-refractivity contribution is 1.20. The molecule has 1 aromatic rings. The highest BCUT2D eigenvalue weighted by molar-refractivity contribution is 5.40. The van der Waals surface area contributed by atoms with E-state index in [0.29, 0.717) is 0 Å². The zero-order chi connectivity index (χ0) is 7.52. The summed E-state index contributed by atoms with van der Waals surface area (Å²) in [4.78, 5) is 4.20. The number of allylic oxidation sites excluding steroid dienone is 1. The van der Waals surface area contributed by atoms with Gasteiger partial charge in [0.2, 0.25) is 0 Å². The van der Waals surface area contributed by atoms with Crippen molar-refractivity contribution >= 4 is 12.3 Å². The quantitative estimate of drug-likeness (QED) is 0.541. The summed E-state index contributed by atoms with van der Waals surface area (Å²) in [6.45, 7) is 0. The van der Waals surface area contributed by atoms with E-state index < -0.39 is 0 Å². The Labute approximate surface area is 64.6 Å². The van der Waals surface area contributed by atoms with Crippen molar-refractivity contribution in [3.63, 3.8) is 0 Å². The van der Waals surface area contributed by atoms with Crippen molar-refractivity contribution in [3.05, 3.63) is 41.2 Å². The van der Waals surface area contributed by atoms with Gasteiger partial charge >= 0.3 is 0 Å². The normalized spacial score (nSPS) is 13.5. The second-order valence-electron chi connectivity index (χ2n) is 2.31. The van der Waals surface area contributed by atoms with E-state index in [1.54, 1.807) is 6.20 Å². The van der Waals surface area contributed by atoms with Gasteiger partial charge in [-0.2, -0.15) is 0 Å². The minimum atomic E-state index is 1.01. The van der Waals surface area contributed by atoms with Crippen LogP contribution in [0, 0.1) is 0 Å². The maximum Gasteiger partial charge on any atom is 0.0717 e. The number of pyridine rings is 1. The first-order valence-corrected chi connectivity index (χ1v) is 3.51. The molecule has 0 spiro atoms. The van der Waals surface area contributed by atoms with Crippen molar-refractivity contribution in [1.29, 1.82) is 0 Å². The molecule has 11 heavy (non-hydrogen) atoms. The first-order chi connectivity index (χ1) is 5.47. The Morgan fingerprint density at radius 2 is 2.36 bits per heavy atom. The number of fused-ring (bicyclic) bond motifs is 1. The third kappa shape index (κ3) is 1.15. The molecule has 54 valence electrons. The molecule has 2 heteroatoms. The molecular formula is C9H8N2. The fourth-order valence-electron chi connectivity index (χ4n) is 1.02. The molecule has 0 radical (unpaired) electrons. The molecule has 0 unspecified atom stereocenters. The van der Waals surface area contributed by atoms with Crippen LogP contribution in [0.2, 0.25) is 0 Å². The van der Waals surface area contributed by atoms with E-state index in [2.05, 4.69) is 10.3 Å². The molecule has 1 aliphatic rings. The maximum atomic E-state index is 4.20. The third-order valence-electron chi connectivity index (χ3n) is 1.56. The second kappa shape index (κ2) is 2.58. The van der Waals surface area contributed by atoms with Gasteiger partial charge in [-0.25, -0.2) is 0 Å². The van der Waals surface area contributed by atoms with Crippen molar-refractivity contribution in [3.8, 4) is 0 Å². The monoisotopic (exact) mass is 144 g/mol. The van der Waals surface area contributed by atoms with Crippen LogP contribution in [0.15, 0.2) is 30.6 Å². The van der Waals surface area contributed by atoms with Gasteiger partial charge in [-0.3, -0.25) is 4.98 Å².